The predicted molar refractivity (Wildman–Crippen MR) is 85.5 cm³/mol. The van der Waals surface area contributed by atoms with Gasteiger partial charge in [-0.1, -0.05) is 12.1 Å². The highest BCUT2D eigenvalue weighted by atomic mass is 19.1. The first kappa shape index (κ1) is 13.2. The van der Waals surface area contributed by atoms with Crippen molar-refractivity contribution < 1.29 is 9.50 Å². The maximum atomic E-state index is 13.6. The fraction of sp³-hybridized carbons (Fsp3) is 0.222. The summed E-state index contributed by atoms with van der Waals surface area (Å²) in [6.07, 6.45) is 3.20. The lowest BCUT2D eigenvalue weighted by Gasteiger charge is -2.11. The Labute approximate surface area is 127 Å². The van der Waals surface area contributed by atoms with Crippen LogP contribution in [0.25, 0.3) is 10.9 Å². The molecule has 0 fully saturated rings. The van der Waals surface area contributed by atoms with Gasteiger partial charge in [0.15, 0.2) is 11.6 Å². The summed E-state index contributed by atoms with van der Waals surface area (Å²) in [6.45, 7) is 0.472. The molecule has 1 heterocycles. The second-order valence-corrected chi connectivity index (χ2v) is 5.89. The Kier molecular flexibility index (Phi) is 2.86. The van der Waals surface area contributed by atoms with Gasteiger partial charge in [0.1, 0.15) is 0 Å². The molecule has 3 nitrogen and oxygen atoms in total. The fourth-order valence-corrected chi connectivity index (χ4v) is 3.53. The van der Waals surface area contributed by atoms with Crippen LogP contribution in [0.2, 0.25) is 0 Å². The Hall–Kier alpha value is -2.49. The van der Waals surface area contributed by atoms with Gasteiger partial charge in [-0.15, -0.1) is 0 Å². The van der Waals surface area contributed by atoms with Crippen molar-refractivity contribution in [1.82, 2.24) is 4.57 Å². The van der Waals surface area contributed by atoms with E-state index in [1.165, 1.54) is 22.7 Å². The Bertz CT molecular complexity index is 882. The molecule has 4 heteroatoms. The lowest BCUT2D eigenvalue weighted by atomic mass is 10.1. The molecule has 1 aromatic heterocycles. The number of nitrogens with two attached hydrogens (primary N) is 1. The minimum absolute atomic E-state index is 0.258. The monoisotopic (exact) mass is 296 g/mol. The number of fused-ring (bicyclic) bond motifs is 3. The van der Waals surface area contributed by atoms with Crippen LogP contribution in [0.5, 0.6) is 5.75 Å². The fourth-order valence-electron chi connectivity index (χ4n) is 3.53. The molecule has 0 aliphatic heterocycles. The Morgan fingerprint density at radius 1 is 1.18 bits per heavy atom. The number of halogens is 1. The van der Waals surface area contributed by atoms with Crippen LogP contribution >= 0.6 is 0 Å². The third kappa shape index (κ3) is 1.87. The number of phenols is 1. The third-order valence-corrected chi connectivity index (χ3v) is 4.55. The molecule has 0 saturated carbocycles. The lowest BCUT2D eigenvalue weighted by Crippen LogP contribution is -2.04. The summed E-state index contributed by atoms with van der Waals surface area (Å²) < 4.78 is 15.8. The van der Waals surface area contributed by atoms with Crippen LogP contribution in [-0.4, -0.2) is 9.67 Å². The van der Waals surface area contributed by atoms with Gasteiger partial charge in [-0.05, 0) is 49.1 Å². The van der Waals surface area contributed by atoms with Crippen molar-refractivity contribution in [1.29, 1.82) is 0 Å². The molecule has 112 valence electrons. The van der Waals surface area contributed by atoms with Gasteiger partial charge >= 0.3 is 0 Å². The Balaban J connectivity index is 1.90. The number of hydrogen-bond donors (Lipinski definition) is 2. The molecule has 2 aromatic carbocycles. The van der Waals surface area contributed by atoms with Crippen LogP contribution in [0, 0.1) is 5.82 Å². The number of benzene rings is 2. The van der Waals surface area contributed by atoms with Crippen LogP contribution in [0.3, 0.4) is 0 Å². The zero-order valence-corrected chi connectivity index (χ0v) is 12.1. The van der Waals surface area contributed by atoms with Crippen LogP contribution in [0.15, 0.2) is 36.4 Å². The number of aryl methyl sites for hydroxylation is 1. The summed E-state index contributed by atoms with van der Waals surface area (Å²) in [5, 5.41) is 11.1. The highest BCUT2D eigenvalue weighted by Gasteiger charge is 2.22. The first-order valence-corrected chi connectivity index (χ1v) is 7.51. The van der Waals surface area contributed by atoms with Gasteiger partial charge in [-0.3, -0.25) is 0 Å². The summed E-state index contributed by atoms with van der Waals surface area (Å²) in [6, 6.07) is 10.6. The van der Waals surface area contributed by atoms with E-state index in [-0.39, 0.29) is 5.75 Å². The topological polar surface area (TPSA) is 51.2 Å². The summed E-state index contributed by atoms with van der Waals surface area (Å²) in [7, 11) is 0. The van der Waals surface area contributed by atoms with E-state index in [1.54, 1.807) is 12.1 Å². The van der Waals surface area contributed by atoms with Gasteiger partial charge in [0, 0.05) is 27.8 Å². The SMILES string of the molecule is Nc1ccc2c(c1)c1c(n2Cc2cccc(F)c2O)CCC1. The number of rotatable bonds is 2. The Morgan fingerprint density at radius 2 is 2.05 bits per heavy atom. The predicted octanol–water partition coefficient (Wildman–Crippen LogP) is 3.61. The largest absolute Gasteiger partial charge is 0.505 e. The molecule has 0 radical (unpaired) electrons. The number of aromatic hydroxyl groups is 1. The van der Waals surface area contributed by atoms with Crippen LogP contribution in [-0.2, 0) is 19.4 Å². The molecule has 0 spiro atoms. The molecular weight excluding hydrogens is 279 g/mol. The molecule has 4 rings (SSSR count). The minimum Gasteiger partial charge on any atom is -0.505 e. The third-order valence-electron chi connectivity index (χ3n) is 4.55. The number of nitrogen functional groups attached to an aromatic ring is 1. The van der Waals surface area contributed by atoms with Gasteiger partial charge in [0.25, 0.3) is 0 Å². The summed E-state index contributed by atoms with van der Waals surface area (Å²) in [5.74, 6) is -0.832. The molecule has 0 unspecified atom stereocenters. The smallest absolute Gasteiger partial charge is 0.165 e. The van der Waals surface area contributed by atoms with Crippen molar-refractivity contribution in [3.63, 3.8) is 0 Å². The van der Waals surface area contributed by atoms with Gasteiger partial charge in [-0.25, -0.2) is 4.39 Å². The normalized spacial score (nSPS) is 13.7. The first-order valence-electron chi connectivity index (χ1n) is 7.51. The van der Waals surface area contributed by atoms with Crippen LogP contribution in [0.1, 0.15) is 23.2 Å². The summed E-state index contributed by atoms with van der Waals surface area (Å²) >= 11 is 0. The minimum atomic E-state index is -0.574. The van der Waals surface area contributed by atoms with Crippen LogP contribution < -0.4 is 5.73 Å². The number of anilines is 1. The van der Waals surface area contributed by atoms with Gasteiger partial charge in [0.2, 0.25) is 0 Å². The van der Waals surface area contributed by atoms with E-state index < -0.39 is 5.82 Å². The van der Waals surface area contributed by atoms with Crippen molar-refractivity contribution in [2.24, 2.45) is 0 Å². The lowest BCUT2D eigenvalue weighted by molar-refractivity contribution is 0.424. The van der Waals surface area contributed by atoms with E-state index in [0.29, 0.717) is 12.1 Å². The zero-order valence-electron chi connectivity index (χ0n) is 12.1. The average Bonchev–Trinajstić information content (AvgIpc) is 3.07. The van der Waals surface area contributed by atoms with Crippen molar-refractivity contribution in [2.45, 2.75) is 25.8 Å². The van der Waals surface area contributed by atoms with Crippen molar-refractivity contribution in [3.8, 4) is 5.75 Å². The van der Waals surface area contributed by atoms with E-state index in [1.807, 2.05) is 18.2 Å². The maximum Gasteiger partial charge on any atom is 0.165 e. The van der Waals surface area contributed by atoms with Gasteiger partial charge < -0.3 is 15.4 Å². The van der Waals surface area contributed by atoms with Gasteiger partial charge in [0.05, 0.1) is 6.54 Å². The number of para-hydroxylation sites is 1. The zero-order chi connectivity index (χ0) is 15.3. The number of hydrogen-bond acceptors (Lipinski definition) is 2. The van der Waals surface area contributed by atoms with Crippen LogP contribution in [0.4, 0.5) is 10.1 Å². The molecular formula is C18H17FN2O. The van der Waals surface area contributed by atoms with Crippen molar-refractivity contribution in [2.75, 3.05) is 5.73 Å². The quantitative estimate of drug-likeness (QED) is 0.710. The van der Waals surface area contributed by atoms with E-state index >= 15 is 0 Å². The molecule has 22 heavy (non-hydrogen) atoms. The van der Waals surface area contributed by atoms with Gasteiger partial charge in [-0.2, -0.15) is 0 Å². The highest BCUT2D eigenvalue weighted by Crippen LogP contribution is 2.35. The maximum absolute atomic E-state index is 13.6. The molecule has 0 amide bonds. The second kappa shape index (κ2) is 4.77. The number of phenolic OH excluding ortho intramolecular Hbond substituents is 1. The van der Waals surface area contributed by atoms with E-state index in [0.717, 1.165) is 30.5 Å². The average molecular weight is 296 g/mol. The van der Waals surface area contributed by atoms with E-state index in [9.17, 15) is 9.50 Å². The summed E-state index contributed by atoms with van der Waals surface area (Å²) in [5.41, 5.74) is 11.0. The molecule has 1 aliphatic rings. The molecule has 0 saturated heterocycles. The molecule has 3 N–H and O–H groups in total. The van der Waals surface area contributed by atoms with Crippen molar-refractivity contribution >= 4 is 16.6 Å². The standard InChI is InChI=1S/C18H17FN2O/c19-15-5-1-3-11(18(15)22)10-21-16-6-2-4-13(16)14-9-12(20)7-8-17(14)21/h1,3,5,7-9,22H,2,4,6,10,20H2. The Morgan fingerprint density at radius 3 is 2.91 bits per heavy atom. The second-order valence-electron chi connectivity index (χ2n) is 5.89. The molecule has 3 aromatic rings. The van der Waals surface area contributed by atoms with E-state index in [4.69, 9.17) is 5.73 Å². The van der Waals surface area contributed by atoms with Crippen molar-refractivity contribution in [3.05, 3.63) is 59.0 Å². The number of aromatic nitrogens is 1. The molecule has 0 atom stereocenters. The first-order chi connectivity index (χ1) is 10.6. The highest BCUT2D eigenvalue weighted by molar-refractivity contribution is 5.89. The molecule has 1 aliphatic carbocycles. The number of nitrogens with zero attached hydrogens (tertiary/aromatic N) is 1. The van der Waals surface area contributed by atoms with E-state index in [2.05, 4.69) is 4.57 Å². The molecule has 0 bridgehead atoms. The summed E-state index contributed by atoms with van der Waals surface area (Å²) in [4.78, 5) is 0.